The third-order valence-electron chi connectivity index (χ3n) is 4.19. The van der Waals surface area contributed by atoms with Crippen LogP contribution < -0.4 is 5.32 Å². The molecule has 0 unspecified atom stereocenters. The number of hydrogen-bond donors (Lipinski definition) is 1. The molecule has 1 fully saturated rings. The Morgan fingerprint density at radius 2 is 2.04 bits per heavy atom. The summed E-state index contributed by atoms with van der Waals surface area (Å²) in [5, 5.41) is 3.25. The first-order valence-electron chi connectivity index (χ1n) is 8.54. The molecule has 0 saturated carbocycles. The average Bonchev–Trinajstić information content (AvgIpc) is 2.62. The van der Waals surface area contributed by atoms with Gasteiger partial charge < -0.3 is 19.7 Å². The third-order valence-corrected chi connectivity index (χ3v) is 4.19. The van der Waals surface area contributed by atoms with Gasteiger partial charge in [-0.25, -0.2) is 4.39 Å². The Balaban J connectivity index is 1.74. The molecule has 134 valence electrons. The van der Waals surface area contributed by atoms with E-state index in [2.05, 4.69) is 15.2 Å². The van der Waals surface area contributed by atoms with Gasteiger partial charge in [0.05, 0.1) is 6.10 Å². The average molecular weight is 337 g/mol. The van der Waals surface area contributed by atoms with Gasteiger partial charge in [-0.05, 0) is 25.3 Å². The Hall–Kier alpha value is -1.66. The lowest BCUT2D eigenvalue weighted by Crippen LogP contribution is -2.46. The minimum atomic E-state index is -0.191. The van der Waals surface area contributed by atoms with Crippen LogP contribution in [0.3, 0.4) is 0 Å². The Morgan fingerprint density at radius 1 is 1.29 bits per heavy atom. The highest BCUT2D eigenvalue weighted by atomic mass is 19.1. The molecule has 0 bridgehead atoms. The van der Waals surface area contributed by atoms with E-state index in [-0.39, 0.29) is 5.82 Å². The second kappa shape index (κ2) is 10.3. The molecule has 6 heteroatoms. The first-order chi connectivity index (χ1) is 11.7. The number of piperidine rings is 1. The van der Waals surface area contributed by atoms with E-state index in [1.54, 1.807) is 26.3 Å². The van der Waals surface area contributed by atoms with E-state index in [1.807, 2.05) is 6.07 Å². The number of halogens is 1. The lowest BCUT2D eigenvalue weighted by Gasteiger charge is -2.34. The third kappa shape index (κ3) is 5.76. The molecule has 1 N–H and O–H groups in total. The van der Waals surface area contributed by atoms with E-state index < -0.39 is 0 Å². The van der Waals surface area contributed by atoms with Gasteiger partial charge in [-0.2, -0.15) is 0 Å². The molecule has 1 aromatic carbocycles. The van der Waals surface area contributed by atoms with Crippen molar-refractivity contribution in [3.8, 4) is 0 Å². The fraction of sp³-hybridized carbons (Fsp3) is 0.611. The maximum atomic E-state index is 13.7. The van der Waals surface area contributed by atoms with Gasteiger partial charge in [0, 0.05) is 52.6 Å². The van der Waals surface area contributed by atoms with Gasteiger partial charge in [-0.15, -0.1) is 0 Å². The summed E-state index contributed by atoms with van der Waals surface area (Å²) in [4.78, 5) is 6.52. The number of benzene rings is 1. The van der Waals surface area contributed by atoms with E-state index in [1.165, 1.54) is 6.07 Å². The van der Waals surface area contributed by atoms with Gasteiger partial charge in [-0.3, -0.25) is 4.99 Å². The van der Waals surface area contributed by atoms with Gasteiger partial charge in [0.2, 0.25) is 0 Å². The number of nitrogens with zero attached hydrogens (tertiary/aromatic N) is 2. The molecule has 0 aliphatic carbocycles. The molecule has 0 spiro atoms. The Kier molecular flexibility index (Phi) is 7.98. The highest BCUT2D eigenvalue weighted by Gasteiger charge is 2.21. The predicted molar refractivity (Wildman–Crippen MR) is 93.6 cm³/mol. The first-order valence-corrected chi connectivity index (χ1v) is 8.54. The Labute approximate surface area is 143 Å². The first kappa shape index (κ1) is 18.7. The fourth-order valence-corrected chi connectivity index (χ4v) is 2.84. The lowest BCUT2D eigenvalue weighted by molar-refractivity contribution is 0.00989. The molecule has 0 radical (unpaired) electrons. The molecular formula is C18H28FN3O2. The van der Waals surface area contributed by atoms with E-state index in [4.69, 9.17) is 9.47 Å². The monoisotopic (exact) mass is 337 g/mol. The lowest BCUT2D eigenvalue weighted by atomic mass is 10.1. The number of aliphatic imine (C=N–C) groups is 1. The number of hydrogen-bond acceptors (Lipinski definition) is 3. The summed E-state index contributed by atoms with van der Waals surface area (Å²) in [6.07, 6.45) is 3.20. The van der Waals surface area contributed by atoms with Crippen molar-refractivity contribution in [3.05, 3.63) is 35.6 Å². The van der Waals surface area contributed by atoms with Crippen LogP contribution in [0.1, 0.15) is 24.8 Å². The molecule has 0 amide bonds. The molecule has 1 aromatic rings. The molecule has 1 heterocycles. The van der Waals surface area contributed by atoms with Crippen LogP contribution in [0.2, 0.25) is 0 Å². The summed E-state index contributed by atoms with van der Waals surface area (Å²) in [5.41, 5.74) is 0.648. The van der Waals surface area contributed by atoms with Crippen molar-refractivity contribution in [2.45, 2.75) is 31.9 Å². The molecule has 2 rings (SSSR count). The second-order valence-electron chi connectivity index (χ2n) is 5.90. The number of guanidine groups is 1. The number of methoxy groups -OCH3 is 1. The van der Waals surface area contributed by atoms with Crippen LogP contribution in [0, 0.1) is 5.82 Å². The van der Waals surface area contributed by atoms with Gasteiger partial charge >= 0.3 is 0 Å². The molecule has 24 heavy (non-hydrogen) atoms. The van der Waals surface area contributed by atoms with Gasteiger partial charge in [-0.1, -0.05) is 18.2 Å². The zero-order chi connectivity index (χ0) is 17.2. The summed E-state index contributed by atoms with van der Waals surface area (Å²) in [5.74, 6) is 0.625. The van der Waals surface area contributed by atoms with Crippen molar-refractivity contribution < 1.29 is 13.9 Å². The molecule has 5 nitrogen and oxygen atoms in total. The fourth-order valence-electron chi connectivity index (χ4n) is 2.84. The smallest absolute Gasteiger partial charge is 0.193 e. The maximum Gasteiger partial charge on any atom is 0.193 e. The summed E-state index contributed by atoms with van der Waals surface area (Å²) < 4.78 is 24.6. The van der Waals surface area contributed by atoms with Gasteiger partial charge in [0.1, 0.15) is 5.82 Å². The van der Waals surface area contributed by atoms with E-state index >= 15 is 0 Å². The van der Waals surface area contributed by atoms with Crippen molar-refractivity contribution in [1.82, 2.24) is 10.2 Å². The summed E-state index contributed by atoms with van der Waals surface area (Å²) in [6, 6.07) is 6.81. The minimum absolute atomic E-state index is 0.191. The number of likely N-dealkylation sites (tertiary alicyclic amines) is 1. The second-order valence-corrected chi connectivity index (χ2v) is 5.90. The molecule has 0 atom stereocenters. The quantitative estimate of drug-likeness (QED) is 0.471. The molecular weight excluding hydrogens is 309 g/mol. The van der Waals surface area contributed by atoms with Gasteiger partial charge in [0.15, 0.2) is 5.96 Å². The van der Waals surface area contributed by atoms with Crippen molar-refractivity contribution in [2.75, 3.05) is 40.5 Å². The van der Waals surface area contributed by atoms with Crippen LogP contribution in [-0.4, -0.2) is 57.4 Å². The Bertz CT molecular complexity index is 517. The maximum absolute atomic E-state index is 13.7. The van der Waals surface area contributed by atoms with Crippen molar-refractivity contribution in [1.29, 1.82) is 0 Å². The SMILES string of the molecule is CN=C(NCc1ccccc1F)N1CCC(OCCCOC)CC1. The number of nitrogens with one attached hydrogen (secondary N) is 1. The van der Waals surface area contributed by atoms with Gasteiger partial charge in [0.25, 0.3) is 0 Å². The Morgan fingerprint density at radius 3 is 2.71 bits per heavy atom. The predicted octanol–water partition coefficient (Wildman–Crippen LogP) is 2.42. The van der Waals surface area contributed by atoms with Crippen LogP contribution in [-0.2, 0) is 16.0 Å². The zero-order valence-corrected chi connectivity index (χ0v) is 14.6. The zero-order valence-electron chi connectivity index (χ0n) is 14.6. The van der Waals surface area contributed by atoms with Crippen LogP contribution in [0.25, 0.3) is 0 Å². The van der Waals surface area contributed by atoms with E-state index in [9.17, 15) is 4.39 Å². The van der Waals surface area contributed by atoms with Crippen LogP contribution in [0.15, 0.2) is 29.3 Å². The van der Waals surface area contributed by atoms with Crippen LogP contribution >= 0.6 is 0 Å². The number of ether oxygens (including phenoxy) is 2. The standard InChI is InChI=1S/C18H28FN3O2/c1-20-18(21-14-15-6-3-4-7-17(15)19)22-10-8-16(9-11-22)24-13-5-12-23-2/h3-4,6-7,16H,5,8-14H2,1-2H3,(H,20,21). The topological polar surface area (TPSA) is 46.1 Å². The van der Waals surface area contributed by atoms with Crippen LogP contribution in [0.5, 0.6) is 0 Å². The van der Waals surface area contributed by atoms with Crippen molar-refractivity contribution in [3.63, 3.8) is 0 Å². The minimum Gasteiger partial charge on any atom is -0.385 e. The summed E-state index contributed by atoms with van der Waals surface area (Å²) in [6.45, 7) is 3.72. The van der Waals surface area contributed by atoms with Crippen molar-refractivity contribution in [2.24, 2.45) is 4.99 Å². The molecule has 1 aliphatic rings. The van der Waals surface area contributed by atoms with E-state index in [0.29, 0.717) is 18.2 Å². The van der Waals surface area contributed by atoms with Crippen molar-refractivity contribution >= 4 is 5.96 Å². The normalized spacial score (nSPS) is 16.5. The largest absolute Gasteiger partial charge is 0.385 e. The highest BCUT2D eigenvalue weighted by molar-refractivity contribution is 5.79. The highest BCUT2D eigenvalue weighted by Crippen LogP contribution is 2.14. The molecule has 1 saturated heterocycles. The van der Waals surface area contributed by atoms with E-state index in [0.717, 1.165) is 51.5 Å². The molecule has 0 aromatic heterocycles. The number of rotatable bonds is 7. The van der Waals surface area contributed by atoms with Crippen LogP contribution in [0.4, 0.5) is 4.39 Å². The summed E-state index contributed by atoms with van der Waals surface area (Å²) >= 11 is 0. The summed E-state index contributed by atoms with van der Waals surface area (Å²) in [7, 11) is 3.47. The molecule has 1 aliphatic heterocycles.